The van der Waals surface area contributed by atoms with Gasteiger partial charge in [-0.2, -0.15) is 11.1 Å². The summed E-state index contributed by atoms with van der Waals surface area (Å²) < 4.78 is 11.6. The maximum absolute atomic E-state index is 12.8. The van der Waals surface area contributed by atoms with E-state index in [4.69, 9.17) is 8.83 Å². The Kier molecular flexibility index (Phi) is 5.24. The molecule has 2 aromatic carbocycles. The van der Waals surface area contributed by atoms with Gasteiger partial charge in [-0.25, -0.2) is 15.6 Å². The van der Waals surface area contributed by atoms with Crippen molar-refractivity contribution in [1.29, 1.82) is 0 Å². The lowest BCUT2D eigenvalue weighted by Crippen LogP contribution is -2.49. The van der Waals surface area contributed by atoms with Gasteiger partial charge in [0.15, 0.2) is 6.29 Å². The molecule has 3 heterocycles. The Labute approximate surface area is 183 Å². The van der Waals surface area contributed by atoms with Crippen molar-refractivity contribution in [2.24, 2.45) is 0 Å². The Morgan fingerprint density at radius 2 is 1.78 bits per heavy atom. The number of carbonyl (C=O) groups excluding carboxylic acids is 1. The standard InChI is InChI=1S/C23H23N5O4/c1-12-15(8-9-19(29)24-23-25-27-28-26-23)22(30)32-21-13(2)20-17(10-16(12)21)18(11-31-20)14-6-4-3-5-7-14/h3-7,10-11,23,25-28H,8-9H2,1-2H3,(H,24,29). The number of rotatable bonds is 5. The number of hydrogen-bond acceptors (Lipinski definition) is 8. The average Bonchev–Trinajstić information content (AvgIpc) is 3.45. The van der Waals surface area contributed by atoms with Gasteiger partial charge in [-0.1, -0.05) is 30.3 Å². The zero-order chi connectivity index (χ0) is 22.2. The van der Waals surface area contributed by atoms with Crippen LogP contribution in [0.5, 0.6) is 0 Å². The summed E-state index contributed by atoms with van der Waals surface area (Å²) in [5.74, 6) is -0.202. The number of fused-ring (bicyclic) bond motifs is 2. The molecule has 0 spiro atoms. The van der Waals surface area contributed by atoms with E-state index in [-0.39, 0.29) is 18.7 Å². The number of aryl methyl sites for hydroxylation is 2. The molecular weight excluding hydrogens is 410 g/mol. The highest BCUT2D eigenvalue weighted by atomic mass is 16.4. The number of nitrogens with one attached hydrogen (secondary N) is 5. The minimum absolute atomic E-state index is 0.152. The molecule has 1 saturated heterocycles. The van der Waals surface area contributed by atoms with Gasteiger partial charge in [-0.15, -0.1) is 0 Å². The lowest BCUT2D eigenvalue weighted by Gasteiger charge is -2.12. The van der Waals surface area contributed by atoms with E-state index in [0.717, 1.165) is 33.0 Å². The van der Waals surface area contributed by atoms with Crippen molar-refractivity contribution in [3.05, 3.63) is 69.8 Å². The van der Waals surface area contributed by atoms with E-state index in [0.29, 0.717) is 16.7 Å². The molecule has 0 radical (unpaired) electrons. The molecular formula is C23H23N5O4. The van der Waals surface area contributed by atoms with Gasteiger partial charge >= 0.3 is 5.63 Å². The Morgan fingerprint density at radius 3 is 2.53 bits per heavy atom. The molecule has 1 fully saturated rings. The number of hydrazine groups is 3. The summed E-state index contributed by atoms with van der Waals surface area (Å²) in [6.45, 7) is 3.79. The van der Waals surface area contributed by atoms with Crippen molar-refractivity contribution in [2.45, 2.75) is 33.0 Å². The molecule has 1 amide bonds. The van der Waals surface area contributed by atoms with E-state index >= 15 is 0 Å². The van der Waals surface area contributed by atoms with Crippen LogP contribution in [0.15, 0.2) is 56.3 Å². The minimum atomic E-state index is -0.440. The van der Waals surface area contributed by atoms with E-state index in [2.05, 4.69) is 27.2 Å². The number of carbonyl (C=O) groups is 1. The SMILES string of the molecule is Cc1c(CCC(=O)NC2NNNN2)c(=O)oc2c(C)c3occ(-c4ccccc4)c3cc12. The summed E-state index contributed by atoms with van der Waals surface area (Å²) in [7, 11) is 0. The molecule has 1 aliphatic rings. The Bertz CT molecular complexity index is 1370. The van der Waals surface area contributed by atoms with E-state index < -0.39 is 11.9 Å². The molecule has 1 aliphatic heterocycles. The second kappa shape index (κ2) is 8.21. The van der Waals surface area contributed by atoms with Crippen LogP contribution in [0.1, 0.15) is 23.1 Å². The molecule has 4 aromatic rings. The molecule has 0 bridgehead atoms. The summed E-state index contributed by atoms with van der Waals surface area (Å²) in [6, 6.07) is 12.0. The van der Waals surface area contributed by atoms with Gasteiger partial charge in [0.2, 0.25) is 5.91 Å². The van der Waals surface area contributed by atoms with Crippen LogP contribution in [0, 0.1) is 13.8 Å². The fourth-order valence-corrected chi connectivity index (χ4v) is 4.12. The quantitative estimate of drug-likeness (QED) is 0.304. The van der Waals surface area contributed by atoms with Crippen molar-refractivity contribution >= 4 is 27.8 Å². The van der Waals surface area contributed by atoms with Crippen LogP contribution < -0.4 is 32.9 Å². The fourth-order valence-electron chi connectivity index (χ4n) is 4.12. The van der Waals surface area contributed by atoms with Gasteiger partial charge in [-0.05, 0) is 37.5 Å². The Hall–Kier alpha value is -3.50. The van der Waals surface area contributed by atoms with Crippen LogP contribution in [0.3, 0.4) is 0 Å². The highest BCUT2D eigenvalue weighted by Crippen LogP contribution is 2.37. The molecule has 32 heavy (non-hydrogen) atoms. The topological polar surface area (TPSA) is 121 Å². The van der Waals surface area contributed by atoms with Gasteiger partial charge in [0.05, 0.1) is 6.26 Å². The van der Waals surface area contributed by atoms with Crippen molar-refractivity contribution in [1.82, 2.24) is 27.2 Å². The summed E-state index contributed by atoms with van der Waals surface area (Å²) >= 11 is 0. The van der Waals surface area contributed by atoms with Crippen LogP contribution in [0.2, 0.25) is 0 Å². The third-order valence-corrected chi connectivity index (χ3v) is 5.83. The lowest BCUT2D eigenvalue weighted by molar-refractivity contribution is -0.122. The molecule has 5 rings (SSSR count). The van der Waals surface area contributed by atoms with E-state index in [1.165, 1.54) is 0 Å². The van der Waals surface area contributed by atoms with Crippen LogP contribution in [-0.4, -0.2) is 12.2 Å². The highest BCUT2D eigenvalue weighted by Gasteiger charge is 2.20. The summed E-state index contributed by atoms with van der Waals surface area (Å²) in [4.78, 5) is 25.0. The number of benzene rings is 2. The van der Waals surface area contributed by atoms with Crippen LogP contribution in [-0.2, 0) is 11.2 Å². The maximum atomic E-state index is 12.8. The highest BCUT2D eigenvalue weighted by molar-refractivity contribution is 6.04. The normalized spacial score (nSPS) is 14.4. The predicted molar refractivity (Wildman–Crippen MR) is 120 cm³/mol. The van der Waals surface area contributed by atoms with Crippen LogP contribution in [0.25, 0.3) is 33.1 Å². The summed E-state index contributed by atoms with van der Waals surface area (Å²) in [5.41, 5.74) is 15.7. The van der Waals surface area contributed by atoms with Gasteiger partial charge in [-0.3, -0.25) is 4.79 Å². The minimum Gasteiger partial charge on any atom is -0.463 e. The molecule has 9 nitrogen and oxygen atoms in total. The number of amides is 1. The number of hydrogen-bond donors (Lipinski definition) is 5. The molecule has 0 unspecified atom stereocenters. The molecule has 0 atom stereocenters. The number of furan rings is 1. The van der Waals surface area contributed by atoms with Gasteiger partial charge in [0.25, 0.3) is 0 Å². The van der Waals surface area contributed by atoms with Crippen LogP contribution in [0.4, 0.5) is 0 Å². The summed E-state index contributed by atoms with van der Waals surface area (Å²) in [5, 5.41) is 4.55. The largest absolute Gasteiger partial charge is 0.463 e. The smallest absolute Gasteiger partial charge is 0.339 e. The van der Waals surface area contributed by atoms with Gasteiger partial charge < -0.3 is 14.2 Å². The first-order valence-corrected chi connectivity index (χ1v) is 10.4. The monoisotopic (exact) mass is 433 g/mol. The molecule has 2 aromatic heterocycles. The Balaban J connectivity index is 1.53. The third-order valence-electron chi connectivity index (χ3n) is 5.83. The molecule has 0 aliphatic carbocycles. The average molecular weight is 433 g/mol. The molecule has 0 saturated carbocycles. The maximum Gasteiger partial charge on any atom is 0.339 e. The van der Waals surface area contributed by atoms with E-state index in [1.807, 2.05) is 50.2 Å². The fraction of sp³-hybridized carbons (Fsp3) is 0.217. The zero-order valence-corrected chi connectivity index (χ0v) is 17.7. The van der Waals surface area contributed by atoms with Crippen molar-refractivity contribution in [3.63, 3.8) is 0 Å². The van der Waals surface area contributed by atoms with Crippen molar-refractivity contribution in [2.75, 3.05) is 0 Å². The summed E-state index contributed by atoms with van der Waals surface area (Å²) in [6.07, 6.45) is 1.72. The van der Waals surface area contributed by atoms with Crippen LogP contribution >= 0.6 is 0 Å². The van der Waals surface area contributed by atoms with Crippen molar-refractivity contribution in [3.8, 4) is 11.1 Å². The second-order valence-electron chi connectivity index (χ2n) is 7.80. The zero-order valence-electron chi connectivity index (χ0n) is 17.7. The lowest BCUT2D eigenvalue weighted by atomic mass is 9.97. The van der Waals surface area contributed by atoms with E-state index in [1.54, 1.807) is 6.26 Å². The van der Waals surface area contributed by atoms with E-state index in [9.17, 15) is 9.59 Å². The van der Waals surface area contributed by atoms with Gasteiger partial charge in [0.1, 0.15) is 11.2 Å². The second-order valence-corrected chi connectivity index (χ2v) is 7.80. The third kappa shape index (κ3) is 3.57. The van der Waals surface area contributed by atoms with Gasteiger partial charge in [0, 0.05) is 33.9 Å². The first-order valence-electron chi connectivity index (χ1n) is 10.4. The predicted octanol–water partition coefficient (Wildman–Crippen LogP) is 2.27. The first-order chi connectivity index (χ1) is 15.5. The Morgan fingerprint density at radius 1 is 1.03 bits per heavy atom. The first kappa shape index (κ1) is 20.4. The molecule has 9 heteroatoms. The van der Waals surface area contributed by atoms with Crippen molar-refractivity contribution < 1.29 is 13.6 Å². The molecule has 164 valence electrons. The molecule has 5 N–H and O–H groups in total.